The summed E-state index contributed by atoms with van der Waals surface area (Å²) in [5.41, 5.74) is 0. The van der Waals surface area contributed by atoms with E-state index in [0.29, 0.717) is 23.1 Å². The van der Waals surface area contributed by atoms with Gasteiger partial charge in [0.25, 0.3) is 0 Å². The van der Waals surface area contributed by atoms with E-state index < -0.39 is 5.97 Å². The van der Waals surface area contributed by atoms with E-state index in [1.165, 1.54) is 12.8 Å². The predicted octanol–water partition coefficient (Wildman–Crippen LogP) is 3.61. The second-order valence-corrected chi connectivity index (χ2v) is 4.71. The van der Waals surface area contributed by atoms with Crippen LogP contribution >= 0.6 is 11.6 Å². The molecule has 0 spiro atoms. The van der Waals surface area contributed by atoms with E-state index in [9.17, 15) is 4.79 Å². The molecule has 3 nitrogen and oxygen atoms in total. The third-order valence-corrected chi connectivity index (χ3v) is 3.37. The number of carboxylic acids is 1. The maximum absolute atomic E-state index is 10.4. The first kappa shape index (κ1) is 11.5. The van der Waals surface area contributed by atoms with Crippen molar-refractivity contribution in [2.75, 3.05) is 0 Å². The molecule has 88 valence electrons. The number of rotatable bonds is 4. The summed E-state index contributed by atoms with van der Waals surface area (Å²) < 4.78 is 5.65. The van der Waals surface area contributed by atoms with Crippen LogP contribution in [0.2, 0.25) is 5.02 Å². The first-order valence-corrected chi connectivity index (χ1v) is 6.04. The summed E-state index contributed by atoms with van der Waals surface area (Å²) in [6, 6.07) is 1.76. The Kier molecular flexibility index (Phi) is 3.54. The molecule has 0 saturated heterocycles. The molecule has 0 bridgehead atoms. The largest absolute Gasteiger partial charge is 0.481 e. The van der Waals surface area contributed by atoms with Gasteiger partial charge in [0.1, 0.15) is 11.5 Å². The highest BCUT2D eigenvalue weighted by Gasteiger charge is 2.23. The number of aliphatic carboxylic acids is 1. The van der Waals surface area contributed by atoms with Crippen molar-refractivity contribution < 1.29 is 14.3 Å². The first-order chi connectivity index (χ1) is 7.66. The summed E-state index contributed by atoms with van der Waals surface area (Å²) >= 11 is 6.10. The lowest BCUT2D eigenvalue weighted by atomic mass is 10.1. The van der Waals surface area contributed by atoms with E-state index in [0.717, 1.165) is 18.6 Å². The van der Waals surface area contributed by atoms with Gasteiger partial charge < -0.3 is 9.52 Å². The van der Waals surface area contributed by atoms with Crippen molar-refractivity contribution in [2.45, 2.75) is 44.4 Å². The minimum atomic E-state index is -0.810. The molecule has 0 aliphatic heterocycles. The van der Waals surface area contributed by atoms with Gasteiger partial charge in [-0.15, -0.1) is 0 Å². The molecule has 1 aliphatic rings. The Balaban J connectivity index is 2.05. The van der Waals surface area contributed by atoms with Crippen LogP contribution in [0.4, 0.5) is 0 Å². The summed E-state index contributed by atoms with van der Waals surface area (Å²) in [5.74, 6) is 1.18. The second-order valence-electron chi connectivity index (χ2n) is 4.30. The maximum atomic E-state index is 10.4. The van der Waals surface area contributed by atoms with E-state index in [4.69, 9.17) is 21.1 Å². The zero-order valence-corrected chi connectivity index (χ0v) is 9.79. The molecule has 1 saturated carbocycles. The molecule has 1 heterocycles. The molecular formula is C12H15ClO3. The molecule has 2 rings (SSSR count). The monoisotopic (exact) mass is 242 g/mol. The van der Waals surface area contributed by atoms with Gasteiger partial charge in [-0.3, -0.25) is 4.79 Å². The Hall–Kier alpha value is -0.960. The van der Waals surface area contributed by atoms with Gasteiger partial charge in [-0.2, -0.15) is 0 Å². The van der Waals surface area contributed by atoms with Crippen LogP contribution in [-0.4, -0.2) is 11.1 Å². The summed E-state index contributed by atoms with van der Waals surface area (Å²) in [7, 11) is 0. The highest BCUT2D eigenvalue weighted by Crippen LogP contribution is 2.39. The van der Waals surface area contributed by atoms with Crippen LogP contribution in [0.3, 0.4) is 0 Å². The van der Waals surface area contributed by atoms with E-state index >= 15 is 0 Å². The minimum absolute atomic E-state index is 0.0912. The van der Waals surface area contributed by atoms with Gasteiger partial charge >= 0.3 is 5.97 Å². The van der Waals surface area contributed by atoms with Crippen LogP contribution in [0.15, 0.2) is 10.5 Å². The maximum Gasteiger partial charge on any atom is 0.303 e. The van der Waals surface area contributed by atoms with Crippen LogP contribution < -0.4 is 0 Å². The van der Waals surface area contributed by atoms with Crippen molar-refractivity contribution in [3.63, 3.8) is 0 Å². The molecule has 1 N–H and O–H groups in total. The molecule has 0 radical (unpaired) electrons. The number of hydrogen-bond donors (Lipinski definition) is 1. The highest BCUT2D eigenvalue weighted by atomic mass is 35.5. The van der Waals surface area contributed by atoms with Gasteiger partial charge in [0.2, 0.25) is 0 Å². The standard InChI is InChI=1S/C12H15ClO3/c13-10-7-9(5-6-11(14)15)16-12(10)8-3-1-2-4-8/h7-8H,1-6H2,(H,14,15). The fourth-order valence-corrected chi connectivity index (χ4v) is 2.57. The molecule has 0 aromatic carbocycles. The average Bonchev–Trinajstić information content (AvgIpc) is 2.83. The molecule has 4 heteroatoms. The number of carboxylic acid groups (broad SMARTS) is 1. The lowest BCUT2D eigenvalue weighted by molar-refractivity contribution is -0.137. The van der Waals surface area contributed by atoms with Crippen molar-refractivity contribution in [1.82, 2.24) is 0 Å². The SMILES string of the molecule is O=C(O)CCc1cc(Cl)c(C2CCCC2)o1. The van der Waals surface area contributed by atoms with Crippen LogP contribution in [0, 0.1) is 0 Å². The lowest BCUT2D eigenvalue weighted by Crippen LogP contribution is -1.96. The Labute approximate surface area is 99.4 Å². The molecular weight excluding hydrogens is 228 g/mol. The highest BCUT2D eigenvalue weighted by molar-refractivity contribution is 6.31. The Morgan fingerprint density at radius 2 is 2.19 bits per heavy atom. The zero-order chi connectivity index (χ0) is 11.5. The van der Waals surface area contributed by atoms with Crippen molar-refractivity contribution >= 4 is 17.6 Å². The second kappa shape index (κ2) is 4.91. The molecule has 0 amide bonds. The fourth-order valence-electron chi connectivity index (χ4n) is 2.25. The smallest absolute Gasteiger partial charge is 0.303 e. The van der Waals surface area contributed by atoms with E-state index in [-0.39, 0.29) is 6.42 Å². The Bertz CT molecular complexity index is 378. The number of carbonyl (C=O) groups is 1. The molecule has 0 unspecified atom stereocenters. The van der Waals surface area contributed by atoms with Crippen molar-refractivity contribution in [1.29, 1.82) is 0 Å². The van der Waals surface area contributed by atoms with Gasteiger partial charge in [-0.05, 0) is 18.9 Å². The summed E-state index contributed by atoms with van der Waals surface area (Å²) in [5, 5.41) is 9.25. The third-order valence-electron chi connectivity index (χ3n) is 3.08. The zero-order valence-electron chi connectivity index (χ0n) is 9.04. The quantitative estimate of drug-likeness (QED) is 0.878. The Morgan fingerprint density at radius 3 is 2.81 bits per heavy atom. The normalized spacial score (nSPS) is 16.8. The molecule has 16 heavy (non-hydrogen) atoms. The molecule has 1 aliphatic carbocycles. The Morgan fingerprint density at radius 1 is 1.50 bits per heavy atom. The van der Waals surface area contributed by atoms with Crippen LogP contribution in [0.1, 0.15) is 49.5 Å². The van der Waals surface area contributed by atoms with Crippen molar-refractivity contribution in [2.24, 2.45) is 0 Å². The molecule has 1 fully saturated rings. The lowest BCUT2D eigenvalue weighted by Gasteiger charge is -2.04. The summed E-state index contributed by atoms with van der Waals surface area (Å²) in [6.45, 7) is 0. The topological polar surface area (TPSA) is 50.4 Å². The number of furan rings is 1. The van der Waals surface area contributed by atoms with Gasteiger partial charge in [0.05, 0.1) is 11.4 Å². The first-order valence-electron chi connectivity index (χ1n) is 5.66. The van der Waals surface area contributed by atoms with Gasteiger partial charge in [0, 0.05) is 12.3 Å². The van der Waals surface area contributed by atoms with Crippen LogP contribution in [-0.2, 0) is 11.2 Å². The minimum Gasteiger partial charge on any atom is -0.481 e. The van der Waals surface area contributed by atoms with Crippen LogP contribution in [0.25, 0.3) is 0 Å². The van der Waals surface area contributed by atoms with E-state index in [1.807, 2.05) is 0 Å². The number of aryl methyl sites for hydroxylation is 1. The predicted molar refractivity (Wildman–Crippen MR) is 60.9 cm³/mol. The van der Waals surface area contributed by atoms with Crippen molar-refractivity contribution in [3.05, 3.63) is 22.6 Å². The number of hydrogen-bond acceptors (Lipinski definition) is 2. The van der Waals surface area contributed by atoms with E-state index in [2.05, 4.69) is 0 Å². The van der Waals surface area contributed by atoms with E-state index in [1.54, 1.807) is 6.07 Å². The molecule has 1 aromatic heterocycles. The number of halogens is 1. The van der Waals surface area contributed by atoms with Gasteiger partial charge in [0.15, 0.2) is 0 Å². The summed E-state index contributed by atoms with van der Waals surface area (Å²) in [4.78, 5) is 10.4. The molecule has 0 atom stereocenters. The van der Waals surface area contributed by atoms with Gasteiger partial charge in [-0.1, -0.05) is 24.4 Å². The summed E-state index contributed by atoms with van der Waals surface area (Å²) in [6.07, 6.45) is 5.23. The average molecular weight is 243 g/mol. The fraction of sp³-hybridized carbons (Fsp3) is 0.583. The van der Waals surface area contributed by atoms with Gasteiger partial charge in [-0.25, -0.2) is 0 Å². The third kappa shape index (κ3) is 2.59. The van der Waals surface area contributed by atoms with Crippen LogP contribution in [0.5, 0.6) is 0 Å². The van der Waals surface area contributed by atoms with Crippen molar-refractivity contribution in [3.8, 4) is 0 Å². The molecule has 1 aromatic rings.